The van der Waals surface area contributed by atoms with E-state index in [4.69, 9.17) is 5.11 Å². The molecule has 3 aromatic rings. The molecule has 0 bridgehead atoms. The Morgan fingerprint density at radius 1 is 1.23 bits per heavy atom. The molecule has 7 nitrogen and oxygen atoms in total. The van der Waals surface area contributed by atoms with E-state index in [9.17, 15) is 9.59 Å². The lowest BCUT2D eigenvalue weighted by Crippen LogP contribution is -2.19. The van der Waals surface area contributed by atoms with E-state index in [2.05, 4.69) is 27.4 Å². The molecule has 1 aromatic carbocycles. The van der Waals surface area contributed by atoms with E-state index in [0.29, 0.717) is 15.7 Å². The molecule has 2 N–H and O–H groups in total. The fourth-order valence-corrected chi connectivity index (χ4v) is 3.96. The number of nitrogens with zero attached hydrogens (tertiary/aromatic N) is 3. The number of fused-ring (bicyclic) bond motifs is 1. The third kappa shape index (κ3) is 3.36. The molecule has 0 amide bonds. The molecule has 2 heterocycles. The van der Waals surface area contributed by atoms with Crippen LogP contribution < -0.4 is 5.32 Å². The van der Waals surface area contributed by atoms with Gasteiger partial charge in [-0.05, 0) is 24.0 Å². The van der Waals surface area contributed by atoms with Crippen LogP contribution in [0, 0.1) is 0 Å². The topological polar surface area (TPSA) is 97.1 Å². The van der Waals surface area contributed by atoms with Crippen LogP contribution in [-0.4, -0.2) is 37.6 Å². The molecule has 1 aliphatic rings. The van der Waals surface area contributed by atoms with Gasteiger partial charge in [-0.25, -0.2) is 9.97 Å². The molecule has 26 heavy (non-hydrogen) atoms. The van der Waals surface area contributed by atoms with Gasteiger partial charge in [-0.2, -0.15) is 0 Å². The van der Waals surface area contributed by atoms with Gasteiger partial charge < -0.3 is 10.4 Å². The Balaban J connectivity index is 1.42. The van der Waals surface area contributed by atoms with Gasteiger partial charge in [-0.3, -0.25) is 14.2 Å². The minimum Gasteiger partial charge on any atom is -0.481 e. The van der Waals surface area contributed by atoms with Gasteiger partial charge in [-0.1, -0.05) is 35.6 Å². The molecule has 0 saturated carbocycles. The van der Waals surface area contributed by atoms with Crippen LogP contribution in [0.1, 0.15) is 26.5 Å². The minimum absolute atomic E-state index is 0.210. The van der Waals surface area contributed by atoms with Gasteiger partial charge in [0.1, 0.15) is 11.2 Å². The summed E-state index contributed by atoms with van der Waals surface area (Å²) >= 11 is 1.29. The van der Waals surface area contributed by atoms with Gasteiger partial charge in [0, 0.05) is 12.2 Å². The van der Waals surface area contributed by atoms with Crippen molar-refractivity contribution in [2.75, 3.05) is 5.32 Å². The summed E-state index contributed by atoms with van der Waals surface area (Å²) in [5, 5.41) is 12.9. The number of hydrogen-bond acceptors (Lipinski definition) is 6. The predicted octanol–water partition coefficient (Wildman–Crippen LogP) is 2.23. The summed E-state index contributed by atoms with van der Waals surface area (Å²) in [5.74, 6) is -1.25. The van der Waals surface area contributed by atoms with Crippen molar-refractivity contribution in [2.45, 2.75) is 25.3 Å². The maximum atomic E-state index is 12.5. The summed E-state index contributed by atoms with van der Waals surface area (Å²) in [6.07, 6.45) is 5.99. The number of carboxylic acids is 1. The van der Waals surface area contributed by atoms with Gasteiger partial charge in [0.05, 0.1) is 18.3 Å². The summed E-state index contributed by atoms with van der Waals surface area (Å²) in [6, 6.07) is 8.65. The summed E-state index contributed by atoms with van der Waals surface area (Å²) < 4.78 is 1.29. The van der Waals surface area contributed by atoms with Gasteiger partial charge in [0.15, 0.2) is 5.13 Å². The van der Waals surface area contributed by atoms with E-state index in [1.54, 1.807) is 0 Å². The number of aromatic nitrogens is 3. The second-order valence-corrected chi connectivity index (χ2v) is 7.23. The number of anilines is 1. The normalized spacial score (nSPS) is 13.5. The Labute approximate surface area is 153 Å². The number of aliphatic carboxylic acids is 1. The molecule has 4 rings (SSSR count). The van der Waals surface area contributed by atoms with Crippen molar-refractivity contribution in [3.05, 3.63) is 64.7 Å². The quantitative estimate of drug-likeness (QED) is 0.717. The number of carboxylic acid groups (broad SMARTS) is 1. The molecule has 2 aromatic heterocycles. The number of thiazole rings is 1. The van der Waals surface area contributed by atoms with Crippen molar-refractivity contribution in [1.29, 1.82) is 0 Å². The number of nitrogens with one attached hydrogen (secondary N) is 1. The second-order valence-electron chi connectivity index (χ2n) is 6.20. The fourth-order valence-electron chi connectivity index (χ4n) is 3.12. The van der Waals surface area contributed by atoms with Crippen LogP contribution in [0.4, 0.5) is 5.13 Å². The molecule has 0 atom stereocenters. The fraction of sp³-hybridized carbons (Fsp3) is 0.222. The van der Waals surface area contributed by atoms with Gasteiger partial charge in [-0.15, -0.1) is 0 Å². The Morgan fingerprint density at radius 3 is 2.65 bits per heavy atom. The lowest BCUT2D eigenvalue weighted by Gasteiger charge is -2.09. The molecule has 0 spiro atoms. The molecule has 8 heteroatoms. The third-order valence-corrected chi connectivity index (χ3v) is 5.21. The molecule has 0 saturated heterocycles. The highest BCUT2D eigenvalue weighted by atomic mass is 32.1. The standard InChI is InChI=1S/C18H16N4O3S/c23-16(24)7-14-9-22(10-20-14)17(25)15-8-19-18(26-15)21-13-5-11-3-1-2-4-12(11)6-13/h1-4,8-10,13H,5-7H2,(H,19,21)(H,23,24). The van der Waals surface area contributed by atoms with Crippen molar-refractivity contribution in [3.8, 4) is 0 Å². The zero-order chi connectivity index (χ0) is 18.1. The Kier molecular flexibility index (Phi) is 4.26. The van der Waals surface area contributed by atoms with Crippen molar-refractivity contribution < 1.29 is 14.7 Å². The van der Waals surface area contributed by atoms with Crippen LogP contribution >= 0.6 is 11.3 Å². The van der Waals surface area contributed by atoms with Crippen LogP contribution in [0.25, 0.3) is 0 Å². The Morgan fingerprint density at radius 2 is 1.96 bits per heavy atom. The second kappa shape index (κ2) is 6.72. The highest BCUT2D eigenvalue weighted by Gasteiger charge is 2.22. The van der Waals surface area contributed by atoms with Crippen LogP contribution in [0.2, 0.25) is 0 Å². The summed E-state index contributed by atoms with van der Waals surface area (Å²) in [6.45, 7) is 0. The van der Waals surface area contributed by atoms with Crippen LogP contribution in [0.15, 0.2) is 43.0 Å². The zero-order valence-electron chi connectivity index (χ0n) is 13.8. The van der Waals surface area contributed by atoms with Gasteiger partial charge >= 0.3 is 5.97 Å². The lowest BCUT2D eigenvalue weighted by atomic mass is 10.1. The molecule has 132 valence electrons. The lowest BCUT2D eigenvalue weighted by molar-refractivity contribution is -0.136. The molecule has 0 radical (unpaired) electrons. The maximum Gasteiger partial charge on any atom is 0.309 e. The van der Waals surface area contributed by atoms with Crippen molar-refractivity contribution in [1.82, 2.24) is 14.5 Å². The third-order valence-electron chi connectivity index (χ3n) is 4.30. The zero-order valence-corrected chi connectivity index (χ0v) is 14.6. The number of imidazole rings is 1. The van der Waals surface area contributed by atoms with Crippen LogP contribution in [0.5, 0.6) is 0 Å². The maximum absolute atomic E-state index is 12.5. The van der Waals surface area contributed by atoms with Gasteiger partial charge in [0.2, 0.25) is 0 Å². The van der Waals surface area contributed by atoms with E-state index < -0.39 is 5.97 Å². The van der Waals surface area contributed by atoms with Crippen molar-refractivity contribution >= 4 is 28.3 Å². The van der Waals surface area contributed by atoms with E-state index in [0.717, 1.165) is 12.8 Å². The number of hydrogen-bond donors (Lipinski definition) is 2. The number of rotatable bonds is 5. The SMILES string of the molecule is O=C(O)Cc1cn(C(=O)c2cnc(NC3Cc4ccccc4C3)s2)cn1. The molecule has 1 aliphatic carbocycles. The van der Waals surface area contributed by atoms with Crippen molar-refractivity contribution in [2.24, 2.45) is 0 Å². The Hall–Kier alpha value is -3.00. The number of carbonyl (C=O) groups excluding carboxylic acids is 1. The molecular weight excluding hydrogens is 352 g/mol. The van der Waals surface area contributed by atoms with E-state index in [-0.39, 0.29) is 18.4 Å². The molecule has 0 aliphatic heterocycles. The number of carbonyl (C=O) groups is 2. The highest BCUT2D eigenvalue weighted by molar-refractivity contribution is 7.17. The summed E-state index contributed by atoms with van der Waals surface area (Å²) in [7, 11) is 0. The Bertz CT molecular complexity index is 953. The first-order chi connectivity index (χ1) is 12.6. The largest absolute Gasteiger partial charge is 0.481 e. The monoisotopic (exact) mass is 368 g/mol. The van der Waals surface area contributed by atoms with Crippen LogP contribution in [0.3, 0.4) is 0 Å². The first-order valence-corrected chi connectivity index (χ1v) is 8.98. The average Bonchev–Trinajstić information content (AvgIpc) is 3.32. The summed E-state index contributed by atoms with van der Waals surface area (Å²) in [4.78, 5) is 31.9. The smallest absolute Gasteiger partial charge is 0.309 e. The van der Waals surface area contributed by atoms with E-state index in [1.165, 1.54) is 45.8 Å². The molecule has 0 fully saturated rings. The molecule has 0 unspecified atom stereocenters. The first-order valence-electron chi connectivity index (χ1n) is 8.17. The van der Waals surface area contributed by atoms with Crippen molar-refractivity contribution in [3.63, 3.8) is 0 Å². The van der Waals surface area contributed by atoms with E-state index in [1.807, 2.05) is 12.1 Å². The number of benzene rings is 1. The first kappa shape index (κ1) is 16.5. The highest BCUT2D eigenvalue weighted by Crippen LogP contribution is 2.26. The van der Waals surface area contributed by atoms with Crippen LogP contribution in [-0.2, 0) is 24.1 Å². The predicted molar refractivity (Wildman–Crippen MR) is 96.7 cm³/mol. The van der Waals surface area contributed by atoms with Gasteiger partial charge in [0.25, 0.3) is 5.91 Å². The average molecular weight is 368 g/mol. The van der Waals surface area contributed by atoms with E-state index >= 15 is 0 Å². The molecular formula is C18H16N4O3S. The summed E-state index contributed by atoms with van der Waals surface area (Å²) in [5.41, 5.74) is 3.04. The minimum atomic E-state index is -0.982.